The molecule has 1 unspecified atom stereocenters. The van der Waals surface area contributed by atoms with Crippen LogP contribution in [0.1, 0.15) is 33.1 Å². The Morgan fingerprint density at radius 1 is 0.833 bits per heavy atom. The number of sulfonamides is 2. The Morgan fingerprint density at radius 2 is 1.17 bits per heavy atom. The predicted octanol–water partition coefficient (Wildman–Crippen LogP) is 3.50. The van der Waals surface area contributed by atoms with Crippen LogP contribution in [0.25, 0.3) is 0 Å². The van der Waals surface area contributed by atoms with E-state index in [2.05, 4.69) is 0 Å². The highest BCUT2D eigenvalue weighted by Gasteiger charge is 2.68. The van der Waals surface area contributed by atoms with E-state index in [1.807, 2.05) is 0 Å². The van der Waals surface area contributed by atoms with Crippen molar-refractivity contribution >= 4 is 43.6 Å². The predicted molar refractivity (Wildman–Crippen MR) is 73.3 cm³/mol. The maximum absolute atomic E-state index is 12.8. The van der Waals surface area contributed by atoms with Crippen LogP contribution in [-0.2, 0) is 20.0 Å². The van der Waals surface area contributed by atoms with Crippen molar-refractivity contribution in [3.63, 3.8) is 0 Å². The Morgan fingerprint density at radius 3 is 1.33 bits per heavy atom. The van der Waals surface area contributed by atoms with Crippen LogP contribution in [-0.4, -0.2) is 41.2 Å². The number of nitrogens with zero attached hydrogens (tertiary/aromatic N) is 2. The summed E-state index contributed by atoms with van der Waals surface area (Å²) in [6.45, 7) is 2.18. The van der Waals surface area contributed by atoms with Crippen LogP contribution in [0.15, 0.2) is 0 Å². The molecule has 16 heteroatoms. The molecule has 0 N–H and O–H groups in total. The summed E-state index contributed by atoms with van der Waals surface area (Å²) >= 11 is 10.6. The van der Waals surface area contributed by atoms with Crippen LogP contribution in [0.4, 0.5) is 26.3 Å². The Bertz CT molecular complexity index is 604. The zero-order valence-corrected chi connectivity index (χ0v) is 15.1. The lowest BCUT2D eigenvalue weighted by Gasteiger charge is -2.42. The van der Waals surface area contributed by atoms with Gasteiger partial charge >= 0.3 is 31.1 Å². The van der Waals surface area contributed by atoms with Gasteiger partial charge in [-0.15, -0.1) is 3.94 Å². The smallest absolute Gasteiger partial charge is 0.202 e. The SMILES string of the molecule is CCCC(CC)(N(Cl)Cl)N(S(=O)(=O)C(F)(F)F)S(=O)(=O)C(F)(F)F. The van der Waals surface area contributed by atoms with Gasteiger partial charge in [-0.2, -0.15) is 26.3 Å². The molecule has 6 nitrogen and oxygen atoms in total. The zero-order valence-electron chi connectivity index (χ0n) is 12.0. The molecule has 0 rings (SSSR count). The van der Waals surface area contributed by atoms with E-state index in [-0.39, 0.29) is 10.4 Å². The second-order valence-electron chi connectivity index (χ2n) is 4.42. The first-order valence-electron chi connectivity index (χ1n) is 5.98. The number of alkyl halides is 6. The molecule has 0 heterocycles. The van der Waals surface area contributed by atoms with Gasteiger partial charge in [0.25, 0.3) is 0 Å². The van der Waals surface area contributed by atoms with E-state index < -0.39 is 53.3 Å². The molecule has 0 saturated carbocycles. The normalized spacial score (nSPS) is 17.3. The van der Waals surface area contributed by atoms with Gasteiger partial charge in [0.15, 0.2) is 0 Å². The lowest BCUT2D eigenvalue weighted by Crippen LogP contribution is -2.63. The lowest BCUT2D eigenvalue weighted by molar-refractivity contribution is -0.0602. The van der Waals surface area contributed by atoms with Gasteiger partial charge in [-0.1, -0.05) is 24.0 Å². The summed E-state index contributed by atoms with van der Waals surface area (Å²) in [5.41, 5.74) is -15.7. The van der Waals surface area contributed by atoms with Crippen molar-refractivity contribution in [2.75, 3.05) is 0 Å². The van der Waals surface area contributed by atoms with Crippen molar-refractivity contribution in [3.8, 4) is 0 Å². The van der Waals surface area contributed by atoms with Crippen LogP contribution < -0.4 is 0 Å². The van der Waals surface area contributed by atoms with Gasteiger partial charge in [0.2, 0.25) is 0 Å². The molecule has 0 amide bonds. The zero-order chi connectivity index (χ0) is 19.8. The molecule has 0 fully saturated rings. The molecule has 0 radical (unpaired) electrons. The van der Waals surface area contributed by atoms with Gasteiger partial charge in [0.05, 0.1) is 0 Å². The van der Waals surface area contributed by atoms with Crippen LogP contribution >= 0.6 is 23.6 Å². The monoisotopic (exact) mass is 448 g/mol. The summed E-state index contributed by atoms with van der Waals surface area (Å²) in [4.78, 5) is 0. The minimum Gasteiger partial charge on any atom is -0.202 e. The number of hydrogen-bond acceptors (Lipinski definition) is 5. The fraction of sp³-hybridized carbons (Fsp3) is 1.00. The van der Waals surface area contributed by atoms with Gasteiger partial charge in [0, 0.05) is 0 Å². The van der Waals surface area contributed by atoms with Crippen molar-refractivity contribution in [2.45, 2.75) is 49.8 Å². The topological polar surface area (TPSA) is 74.8 Å². The van der Waals surface area contributed by atoms with E-state index >= 15 is 0 Å². The van der Waals surface area contributed by atoms with Crippen molar-refractivity contribution in [3.05, 3.63) is 0 Å². The minimum absolute atomic E-state index is 0.235. The van der Waals surface area contributed by atoms with Crippen LogP contribution in [0.3, 0.4) is 0 Å². The second-order valence-corrected chi connectivity index (χ2v) is 9.05. The second kappa shape index (κ2) is 7.31. The van der Waals surface area contributed by atoms with Gasteiger partial charge in [-0.3, -0.25) is 0 Å². The summed E-state index contributed by atoms with van der Waals surface area (Å²) in [7, 11) is -14.0. The molecule has 1 atom stereocenters. The number of hydrogen-bond donors (Lipinski definition) is 0. The lowest BCUT2D eigenvalue weighted by atomic mass is 10.0. The molecule has 0 aromatic heterocycles. The van der Waals surface area contributed by atoms with Gasteiger partial charge in [0.1, 0.15) is 5.66 Å². The Labute approximate surface area is 144 Å². The maximum Gasteiger partial charge on any atom is 0.512 e. The van der Waals surface area contributed by atoms with E-state index in [1.165, 1.54) is 6.92 Å². The van der Waals surface area contributed by atoms with Gasteiger partial charge in [-0.25, -0.2) is 16.8 Å². The van der Waals surface area contributed by atoms with Gasteiger partial charge in [-0.05, 0) is 36.4 Å². The quantitative estimate of drug-likeness (QED) is 0.338. The van der Waals surface area contributed by atoms with E-state index in [9.17, 15) is 43.2 Å². The van der Waals surface area contributed by atoms with Crippen LogP contribution in [0, 0.1) is 0 Å². The number of rotatable bonds is 7. The largest absolute Gasteiger partial charge is 0.512 e. The highest BCUT2D eigenvalue weighted by Crippen LogP contribution is 2.45. The van der Waals surface area contributed by atoms with E-state index in [4.69, 9.17) is 23.6 Å². The minimum atomic E-state index is -7.00. The highest BCUT2D eigenvalue weighted by atomic mass is 35.5. The molecule has 0 aliphatic carbocycles. The molecule has 0 aliphatic rings. The molecular formula is C8H12Cl2F6N2O4S2. The third-order valence-electron chi connectivity index (χ3n) is 2.89. The standard InChI is InChI=1S/C8H12Cl2F6N2O4S2/c1-3-5-6(4-2,17(9)10)18(23(19,20)7(11,12)13)24(21,22)8(14,15)16/h3-5H2,1-2H3. The van der Waals surface area contributed by atoms with Gasteiger partial charge < -0.3 is 0 Å². The molecule has 146 valence electrons. The molecular weight excluding hydrogens is 437 g/mol. The van der Waals surface area contributed by atoms with Crippen molar-refractivity contribution in [1.29, 1.82) is 0 Å². The summed E-state index contributed by atoms with van der Waals surface area (Å²) in [6.07, 6.45) is -1.96. The molecule has 0 aromatic carbocycles. The van der Waals surface area contributed by atoms with E-state index in [0.29, 0.717) is 0 Å². The molecule has 0 aromatic rings. The van der Waals surface area contributed by atoms with Crippen molar-refractivity contribution in [1.82, 2.24) is 7.65 Å². The fourth-order valence-corrected chi connectivity index (χ4v) is 5.98. The summed E-state index contributed by atoms with van der Waals surface area (Å²) in [5.74, 6) is 0. The molecule has 0 spiro atoms. The van der Waals surface area contributed by atoms with Crippen molar-refractivity contribution in [2.24, 2.45) is 0 Å². The molecule has 0 saturated heterocycles. The fourth-order valence-electron chi connectivity index (χ4n) is 1.83. The van der Waals surface area contributed by atoms with E-state index in [0.717, 1.165) is 6.92 Å². The Balaban J connectivity index is 7.04. The summed E-state index contributed by atoms with van der Waals surface area (Å²) < 4.78 is 121. The average Bonchev–Trinajstić information content (AvgIpc) is 2.34. The first-order valence-corrected chi connectivity index (χ1v) is 9.54. The first kappa shape index (κ1) is 24.0. The highest BCUT2D eigenvalue weighted by molar-refractivity contribution is 8.04. The maximum atomic E-state index is 12.8. The van der Waals surface area contributed by atoms with Crippen LogP contribution in [0.5, 0.6) is 0 Å². The summed E-state index contributed by atoms with van der Waals surface area (Å²) in [6, 6.07) is 0. The van der Waals surface area contributed by atoms with Crippen LogP contribution in [0.2, 0.25) is 0 Å². The third kappa shape index (κ3) is 4.03. The average molecular weight is 449 g/mol. The Hall–Kier alpha value is -0.0200. The molecule has 0 aliphatic heterocycles. The third-order valence-corrected chi connectivity index (χ3v) is 7.42. The Kier molecular flexibility index (Phi) is 7.30. The first-order chi connectivity index (χ1) is 10.4. The summed E-state index contributed by atoms with van der Waals surface area (Å²) in [5, 5.41) is 0. The molecule has 24 heavy (non-hydrogen) atoms. The molecule has 0 bridgehead atoms. The van der Waals surface area contributed by atoms with E-state index in [1.54, 1.807) is 0 Å². The van der Waals surface area contributed by atoms with Crippen molar-refractivity contribution < 1.29 is 43.2 Å². The number of halogens is 8.